The lowest BCUT2D eigenvalue weighted by Gasteiger charge is -2.50. The molecule has 0 radical (unpaired) electrons. The summed E-state index contributed by atoms with van der Waals surface area (Å²) in [5, 5.41) is 12.5. The molecule has 2 rings (SSSR count). The molecule has 1 aliphatic carbocycles. The highest BCUT2D eigenvalue weighted by molar-refractivity contribution is 6.33. The van der Waals surface area contributed by atoms with Gasteiger partial charge in [0.25, 0.3) is 0 Å². The Hall–Kier alpha value is -1.20. The fraction of sp³-hybridized carbons (Fsp3) is 0.500. The second-order valence-corrected chi connectivity index (χ2v) is 5.71. The fourth-order valence-electron chi connectivity index (χ4n) is 2.13. The van der Waals surface area contributed by atoms with Gasteiger partial charge in [-0.05, 0) is 12.5 Å². The quantitative estimate of drug-likeness (QED) is 0.623. The molecule has 2 unspecified atom stereocenters. The van der Waals surface area contributed by atoms with Crippen molar-refractivity contribution in [2.75, 3.05) is 16.8 Å². The van der Waals surface area contributed by atoms with Gasteiger partial charge in [0.2, 0.25) is 0 Å². The van der Waals surface area contributed by atoms with Crippen LogP contribution in [0.1, 0.15) is 20.3 Å². The molecule has 4 nitrogen and oxygen atoms in total. The second-order valence-electron chi connectivity index (χ2n) is 5.33. The summed E-state index contributed by atoms with van der Waals surface area (Å²) in [6, 6.07) is 1.37. The highest BCUT2D eigenvalue weighted by atomic mass is 35.5. The van der Waals surface area contributed by atoms with Gasteiger partial charge in [-0.3, -0.25) is 0 Å². The van der Waals surface area contributed by atoms with Crippen LogP contribution in [0.4, 0.5) is 21.5 Å². The van der Waals surface area contributed by atoms with Crippen molar-refractivity contribution in [2.24, 2.45) is 5.41 Å². The zero-order valence-corrected chi connectivity index (χ0v) is 11.1. The van der Waals surface area contributed by atoms with Gasteiger partial charge in [0, 0.05) is 11.5 Å². The van der Waals surface area contributed by atoms with E-state index in [0.29, 0.717) is 6.42 Å². The molecule has 0 aliphatic heterocycles. The number of rotatable bonds is 2. The van der Waals surface area contributed by atoms with Crippen LogP contribution < -0.4 is 16.8 Å². The predicted octanol–water partition coefficient (Wildman–Crippen LogP) is 2.21. The number of hydrogen-bond acceptors (Lipinski definition) is 4. The SMILES string of the molecule is CC1(C)C(O)CC1Nc1c(N)cc(N)c(Cl)c1F. The van der Waals surface area contributed by atoms with Crippen LogP contribution >= 0.6 is 11.6 Å². The van der Waals surface area contributed by atoms with E-state index in [2.05, 4.69) is 5.32 Å². The van der Waals surface area contributed by atoms with Crippen LogP contribution in [0.25, 0.3) is 0 Å². The molecule has 0 saturated heterocycles. The number of aliphatic hydroxyl groups is 1. The van der Waals surface area contributed by atoms with Crippen LogP contribution in [0.2, 0.25) is 5.02 Å². The Balaban J connectivity index is 2.29. The van der Waals surface area contributed by atoms with Crippen molar-refractivity contribution in [3.05, 3.63) is 16.9 Å². The predicted molar refractivity (Wildman–Crippen MR) is 72.1 cm³/mol. The number of nitrogens with one attached hydrogen (secondary N) is 1. The highest BCUT2D eigenvalue weighted by Crippen LogP contribution is 2.44. The average molecular weight is 274 g/mol. The molecule has 0 bridgehead atoms. The molecule has 0 spiro atoms. The molecule has 1 aromatic rings. The lowest BCUT2D eigenvalue weighted by Crippen LogP contribution is -2.57. The van der Waals surface area contributed by atoms with Crippen molar-refractivity contribution >= 4 is 28.7 Å². The van der Waals surface area contributed by atoms with Crippen LogP contribution in [0.5, 0.6) is 0 Å². The van der Waals surface area contributed by atoms with E-state index >= 15 is 0 Å². The standard InChI is InChI=1S/C12H17ClFN3O/c1-12(2)7(4-8(12)18)17-11-6(16)3-5(15)9(13)10(11)14/h3,7-8,17-18H,4,15-16H2,1-2H3. The smallest absolute Gasteiger partial charge is 0.169 e. The highest BCUT2D eigenvalue weighted by Gasteiger charge is 2.47. The van der Waals surface area contributed by atoms with Crippen molar-refractivity contribution in [2.45, 2.75) is 32.4 Å². The summed E-state index contributed by atoms with van der Waals surface area (Å²) < 4.78 is 14.0. The van der Waals surface area contributed by atoms with Gasteiger partial charge in [-0.25, -0.2) is 4.39 Å². The van der Waals surface area contributed by atoms with E-state index in [0.717, 1.165) is 0 Å². The van der Waals surface area contributed by atoms with Crippen LogP contribution in [-0.4, -0.2) is 17.3 Å². The summed E-state index contributed by atoms with van der Waals surface area (Å²) in [4.78, 5) is 0. The molecule has 0 aromatic heterocycles. The number of nitrogens with two attached hydrogens (primary N) is 2. The van der Waals surface area contributed by atoms with Crippen molar-refractivity contribution in [3.8, 4) is 0 Å². The topological polar surface area (TPSA) is 84.3 Å². The molecule has 6 N–H and O–H groups in total. The Kier molecular flexibility index (Phi) is 3.07. The Morgan fingerprint density at radius 2 is 2.06 bits per heavy atom. The number of halogens is 2. The summed E-state index contributed by atoms with van der Waals surface area (Å²) >= 11 is 5.75. The molecule has 1 saturated carbocycles. The molecule has 0 amide bonds. The van der Waals surface area contributed by atoms with Gasteiger partial charge in [0.15, 0.2) is 5.82 Å². The summed E-state index contributed by atoms with van der Waals surface area (Å²) in [7, 11) is 0. The van der Waals surface area contributed by atoms with Gasteiger partial charge in [0.1, 0.15) is 5.02 Å². The zero-order valence-electron chi connectivity index (χ0n) is 10.3. The Bertz CT molecular complexity index is 493. The van der Waals surface area contributed by atoms with Crippen molar-refractivity contribution in [3.63, 3.8) is 0 Å². The van der Waals surface area contributed by atoms with E-state index in [1.54, 1.807) is 0 Å². The normalized spacial score (nSPS) is 25.6. The third-order valence-electron chi connectivity index (χ3n) is 3.80. The minimum Gasteiger partial charge on any atom is -0.397 e. The number of hydrogen-bond donors (Lipinski definition) is 4. The average Bonchev–Trinajstić information content (AvgIpc) is 2.30. The monoisotopic (exact) mass is 273 g/mol. The molecule has 1 aromatic carbocycles. The third-order valence-corrected chi connectivity index (χ3v) is 4.18. The number of benzene rings is 1. The molecule has 2 atom stereocenters. The van der Waals surface area contributed by atoms with E-state index in [1.165, 1.54) is 6.07 Å². The fourth-order valence-corrected chi connectivity index (χ4v) is 2.28. The van der Waals surface area contributed by atoms with Crippen molar-refractivity contribution < 1.29 is 9.50 Å². The lowest BCUT2D eigenvalue weighted by molar-refractivity contribution is -0.0511. The minimum absolute atomic E-state index is 0.0519. The van der Waals surface area contributed by atoms with Crippen molar-refractivity contribution in [1.82, 2.24) is 0 Å². The van der Waals surface area contributed by atoms with Gasteiger partial charge < -0.3 is 21.9 Å². The molecule has 100 valence electrons. The Labute approximate surface area is 110 Å². The molecular weight excluding hydrogens is 257 g/mol. The summed E-state index contributed by atoms with van der Waals surface area (Å²) in [5.41, 5.74) is 11.4. The van der Waals surface area contributed by atoms with Gasteiger partial charge in [-0.1, -0.05) is 25.4 Å². The van der Waals surface area contributed by atoms with Gasteiger partial charge in [-0.2, -0.15) is 0 Å². The minimum atomic E-state index is -0.647. The first kappa shape index (κ1) is 13.2. The van der Waals surface area contributed by atoms with E-state index in [-0.39, 0.29) is 33.5 Å². The molecule has 0 heterocycles. The lowest BCUT2D eigenvalue weighted by atomic mass is 9.64. The second kappa shape index (κ2) is 4.17. The molecule has 18 heavy (non-hydrogen) atoms. The van der Waals surface area contributed by atoms with E-state index in [4.69, 9.17) is 23.1 Å². The van der Waals surface area contributed by atoms with Crippen molar-refractivity contribution in [1.29, 1.82) is 0 Å². The molecule has 1 fully saturated rings. The Morgan fingerprint density at radius 3 is 2.56 bits per heavy atom. The van der Waals surface area contributed by atoms with Crippen LogP contribution in [0.15, 0.2) is 6.07 Å². The van der Waals surface area contributed by atoms with Crippen LogP contribution in [0.3, 0.4) is 0 Å². The van der Waals surface area contributed by atoms with Crippen LogP contribution in [-0.2, 0) is 0 Å². The first-order valence-electron chi connectivity index (χ1n) is 5.72. The maximum atomic E-state index is 14.0. The first-order chi connectivity index (χ1) is 8.25. The van der Waals surface area contributed by atoms with E-state index in [9.17, 15) is 9.50 Å². The maximum absolute atomic E-state index is 14.0. The van der Waals surface area contributed by atoms with Crippen LogP contribution in [0, 0.1) is 11.2 Å². The first-order valence-corrected chi connectivity index (χ1v) is 6.10. The van der Waals surface area contributed by atoms with Gasteiger partial charge >= 0.3 is 0 Å². The summed E-state index contributed by atoms with van der Waals surface area (Å²) in [5.74, 6) is -0.647. The third kappa shape index (κ3) is 1.87. The summed E-state index contributed by atoms with van der Waals surface area (Å²) in [6.07, 6.45) is 0.150. The Morgan fingerprint density at radius 1 is 1.44 bits per heavy atom. The van der Waals surface area contributed by atoms with E-state index < -0.39 is 11.9 Å². The number of nitrogen functional groups attached to an aromatic ring is 2. The molecule has 6 heteroatoms. The number of aliphatic hydroxyl groups excluding tert-OH is 1. The van der Waals surface area contributed by atoms with Gasteiger partial charge in [-0.15, -0.1) is 0 Å². The van der Waals surface area contributed by atoms with E-state index in [1.807, 2.05) is 13.8 Å². The molecule has 1 aliphatic rings. The number of anilines is 3. The maximum Gasteiger partial charge on any atom is 0.169 e. The van der Waals surface area contributed by atoms with Gasteiger partial charge in [0.05, 0.1) is 23.2 Å². The zero-order chi connectivity index (χ0) is 13.7. The molecular formula is C12H17ClFN3O. The summed E-state index contributed by atoms with van der Waals surface area (Å²) in [6.45, 7) is 3.82. The largest absolute Gasteiger partial charge is 0.397 e.